The zero-order valence-electron chi connectivity index (χ0n) is 10.3. The van der Waals surface area contributed by atoms with E-state index in [2.05, 4.69) is 54.7 Å². The second-order valence-corrected chi connectivity index (χ2v) is 4.99. The smallest absolute Gasteiger partial charge is 0.00786 e. The molecule has 0 unspecified atom stereocenters. The molecule has 1 heteroatoms. The van der Waals surface area contributed by atoms with Gasteiger partial charge in [-0.2, -0.15) is 0 Å². The van der Waals surface area contributed by atoms with Crippen molar-refractivity contribution in [3.8, 4) is 0 Å². The summed E-state index contributed by atoms with van der Waals surface area (Å²) in [5, 5.41) is 6.34. The lowest BCUT2D eigenvalue weighted by molar-refractivity contribution is 0.297. The highest BCUT2D eigenvalue weighted by atomic mass is 14.9. The Kier molecular flexibility index (Phi) is 2.86. The third kappa shape index (κ3) is 1.96. The maximum Gasteiger partial charge on any atom is 0.00786 e. The zero-order chi connectivity index (χ0) is 11.7. The van der Waals surface area contributed by atoms with Crippen LogP contribution in [0.3, 0.4) is 0 Å². The van der Waals surface area contributed by atoms with Gasteiger partial charge in [0.1, 0.15) is 0 Å². The molecule has 0 aromatic heterocycles. The van der Waals surface area contributed by atoms with E-state index < -0.39 is 0 Å². The predicted molar refractivity (Wildman–Crippen MR) is 73.4 cm³/mol. The van der Waals surface area contributed by atoms with Gasteiger partial charge in [0.2, 0.25) is 0 Å². The summed E-state index contributed by atoms with van der Waals surface area (Å²) in [6.45, 7) is 3.28. The van der Waals surface area contributed by atoms with Gasteiger partial charge in [0.15, 0.2) is 0 Å². The lowest BCUT2D eigenvalue weighted by Gasteiger charge is -2.36. The maximum atomic E-state index is 3.53. The van der Waals surface area contributed by atoms with Crippen LogP contribution in [0.1, 0.15) is 31.2 Å². The first-order valence-electron chi connectivity index (χ1n) is 6.59. The van der Waals surface area contributed by atoms with Crippen molar-refractivity contribution in [2.75, 3.05) is 6.54 Å². The van der Waals surface area contributed by atoms with E-state index in [1.807, 2.05) is 0 Å². The van der Waals surface area contributed by atoms with Gasteiger partial charge in [0, 0.05) is 6.04 Å². The Balaban J connectivity index is 1.87. The lowest BCUT2D eigenvalue weighted by atomic mass is 9.74. The van der Waals surface area contributed by atoms with Crippen LogP contribution < -0.4 is 5.32 Å². The normalized spacial score (nSPS) is 23.6. The second-order valence-electron chi connectivity index (χ2n) is 4.99. The van der Waals surface area contributed by atoms with E-state index >= 15 is 0 Å². The number of benzene rings is 2. The summed E-state index contributed by atoms with van der Waals surface area (Å²) in [4.78, 5) is 0. The minimum atomic E-state index is 0.740. The standard InChI is InChI=1S/C16H19N/c1-2-17-14-10-13(11-14)16-9-5-7-12-6-3-4-8-15(12)16/h3-9,13-14,17H,2,10-11H2,1H3. The van der Waals surface area contributed by atoms with Crippen molar-refractivity contribution in [3.05, 3.63) is 48.0 Å². The van der Waals surface area contributed by atoms with Crippen molar-refractivity contribution in [2.45, 2.75) is 31.7 Å². The zero-order valence-corrected chi connectivity index (χ0v) is 10.3. The van der Waals surface area contributed by atoms with Crippen molar-refractivity contribution >= 4 is 10.8 Å². The van der Waals surface area contributed by atoms with E-state index in [0.717, 1.165) is 18.5 Å². The van der Waals surface area contributed by atoms with Crippen LogP contribution in [-0.2, 0) is 0 Å². The summed E-state index contributed by atoms with van der Waals surface area (Å²) in [5.41, 5.74) is 1.54. The Morgan fingerprint density at radius 1 is 1.06 bits per heavy atom. The molecule has 1 fully saturated rings. The number of hydrogen-bond acceptors (Lipinski definition) is 1. The Morgan fingerprint density at radius 3 is 2.65 bits per heavy atom. The van der Waals surface area contributed by atoms with Crippen LogP contribution in [0.15, 0.2) is 42.5 Å². The first-order chi connectivity index (χ1) is 8.38. The van der Waals surface area contributed by atoms with Gasteiger partial charge in [-0.3, -0.25) is 0 Å². The molecule has 1 nitrogen and oxygen atoms in total. The largest absolute Gasteiger partial charge is 0.314 e. The van der Waals surface area contributed by atoms with Gasteiger partial charge in [-0.05, 0) is 41.6 Å². The van der Waals surface area contributed by atoms with Crippen molar-refractivity contribution < 1.29 is 0 Å². The maximum absolute atomic E-state index is 3.53. The number of hydrogen-bond donors (Lipinski definition) is 1. The fourth-order valence-electron chi connectivity index (χ4n) is 2.93. The first kappa shape index (κ1) is 10.8. The summed E-state index contributed by atoms with van der Waals surface area (Å²) in [6.07, 6.45) is 2.59. The molecule has 2 aromatic rings. The van der Waals surface area contributed by atoms with Crippen molar-refractivity contribution in [3.63, 3.8) is 0 Å². The second kappa shape index (κ2) is 4.50. The third-order valence-corrected chi connectivity index (χ3v) is 3.89. The van der Waals surface area contributed by atoms with E-state index in [1.54, 1.807) is 0 Å². The van der Waals surface area contributed by atoms with Gasteiger partial charge < -0.3 is 5.32 Å². The topological polar surface area (TPSA) is 12.0 Å². The molecule has 0 bridgehead atoms. The molecule has 2 aromatic carbocycles. The monoisotopic (exact) mass is 225 g/mol. The van der Waals surface area contributed by atoms with E-state index in [9.17, 15) is 0 Å². The van der Waals surface area contributed by atoms with Gasteiger partial charge >= 0.3 is 0 Å². The Labute approximate surface area is 103 Å². The van der Waals surface area contributed by atoms with Crippen LogP contribution in [0.4, 0.5) is 0 Å². The molecule has 0 radical (unpaired) electrons. The summed E-state index contributed by atoms with van der Waals surface area (Å²) >= 11 is 0. The average molecular weight is 225 g/mol. The van der Waals surface area contributed by atoms with Crippen molar-refractivity contribution in [1.82, 2.24) is 5.32 Å². The van der Waals surface area contributed by atoms with Gasteiger partial charge in [-0.25, -0.2) is 0 Å². The van der Waals surface area contributed by atoms with Gasteiger partial charge in [0.25, 0.3) is 0 Å². The summed E-state index contributed by atoms with van der Waals surface area (Å²) in [5.74, 6) is 0.755. The summed E-state index contributed by atoms with van der Waals surface area (Å²) in [6, 6.07) is 16.2. The van der Waals surface area contributed by atoms with Crippen LogP contribution in [-0.4, -0.2) is 12.6 Å². The molecule has 1 N–H and O–H groups in total. The molecular formula is C16H19N. The summed E-state index contributed by atoms with van der Waals surface area (Å²) < 4.78 is 0. The van der Waals surface area contributed by atoms with E-state index in [0.29, 0.717) is 0 Å². The third-order valence-electron chi connectivity index (χ3n) is 3.89. The van der Waals surface area contributed by atoms with Crippen LogP contribution in [0, 0.1) is 0 Å². The molecule has 0 aliphatic heterocycles. The van der Waals surface area contributed by atoms with Crippen LogP contribution in [0.2, 0.25) is 0 Å². The quantitative estimate of drug-likeness (QED) is 0.840. The Hall–Kier alpha value is -1.34. The lowest BCUT2D eigenvalue weighted by Crippen LogP contribution is -2.39. The Bertz CT molecular complexity index is 506. The molecule has 0 saturated heterocycles. The Morgan fingerprint density at radius 2 is 1.82 bits per heavy atom. The van der Waals surface area contributed by atoms with E-state index in [1.165, 1.54) is 29.2 Å². The molecule has 0 atom stereocenters. The number of nitrogens with one attached hydrogen (secondary N) is 1. The highest BCUT2D eigenvalue weighted by Gasteiger charge is 2.30. The van der Waals surface area contributed by atoms with Crippen molar-refractivity contribution in [2.24, 2.45) is 0 Å². The molecule has 1 aliphatic carbocycles. The van der Waals surface area contributed by atoms with Crippen molar-refractivity contribution in [1.29, 1.82) is 0 Å². The fourth-order valence-corrected chi connectivity index (χ4v) is 2.93. The van der Waals surface area contributed by atoms with E-state index in [4.69, 9.17) is 0 Å². The highest BCUT2D eigenvalue weighted by Crippen LogP contribution is 2.39. The van der Waals surface area contributed by atoms with Crippen LogP contribution in [0.25, 0.3) is 10.8 Å². The van der Waals surface area contributed by atoms with Gasteiger partial charge in [-0.1, -0.05) is 49.4 Å². The highest BCUT2D eigenvalue weighted by molar-refractivity contribution is 5.86. The predicted octanol–water partition coefficient (Wildman–Crippen LogP) is 3.70. The number of fused-ring (bicyclic) bond motifs is 1. The molecular weight excluding hydrogens is 206 g/mol. The molecule has 3 rings (SSSR count). The average Bonchev–Trinajstić information content (AvgIpc) is 2.33. The minimum Gasteiger partial charge on any atom is -0.314 e. The van der Waals surface area contributed by atoms with Crippen LogP contribution in [0.5, 0.6) is 0 Å². The summed E-state index contributed by atoms with van der Waals surface area (Å²) in [7, 11) is 0. The first-order valence-corrected chi connectivity index (χ1v) is 6.59. The van der Waals surface area contributed by atoms with E-state index in [-0.39, 0.29) is 0 Å². The fraction of sp³-hybridized carbons (Fsp3) is 0.375. The molecule has 0 spiro atoms. The molecule has 1 aliphatic rings. The SMILES string of the molecule is CCNC1CC(c2cccc3ccccc23)C1. The minimum absolute atomic E-state index is 0.740. The van der Waals surface area contributed by atoms with Gasteiger partial charge in [-0.15, -0.1) is 0 Å². The molecule has 0 amide bonds. The number of rotatable bonds is 3. The van der Waals surface area contributed by atoms with Gasteiger partial charge in [0.05, 0.1) is 0 Å². The molecule has 88 valence electrons. The molecule has 0 heterocycles. The van der Waals surface area contributed by atoms with Crippen LogP contribution >= 0.6 is 0 Å². The molecule has 17 heavy (non-hydrogen) atoms. The molecule has 1 saturated carbocycles.